The monoisotopic (exact) mass is 350 g/mol. The number of aromatic nitrogens is 2. The summed E-state index contributed by atoms with van der Waals surface area (Å²) >= 11 is 0. The molecule has 0 radical (unpaired) electrons. The lowest BCUT2D eigenvalue weighted by atomic mass is 10.2. The Hall–Kier alpha value is -2.81. The number of rotatable bonds is 4. The van der Waals surface area contributed by atoms with Crippen LogP contribution >= 0.6 is 0 Å². The van der Waals surface area contributed by atoms with Crippen molar-refractivity contribution in [2.75, 3.05) is 36.5 Å². The third-order valence-corrected chi connectivity index (χ3v) is 3.59. The smallest absolute Gasteiger partial charge is 0.252 e. The van der Waals surface area contributed by atoms with Crippen LogP contribution in [0.25, 0.3) is 0 Å². The van der Waals surface area contributed by atoms with Gasteiger partial charge in [0.05, 0.1) is 19.6 Å². The van der Waals surface area contributed by atoms with E-state index in [0.29, 0.717) is 38.2 Å². The molecule has 1 aliphatic heterocycles. The Kier molecular flexibility index (Phi) is 5.03. The Bertz CT molecular complexity index is 814. The molecule has 0 saturated carbocycles. The number of anilines is 2. The van der Waals surface area contributed by atoms with Crippen molar-refractivity contribution in [3.05, 3.63) is 52.1 Å². The number of H-pyrrole nitrogens is 1. The molecule has 9 heteroatoms. The third-order valence-electron chi connectivity index (χ3n) is 3.59. The Morgan fingerprint density at radius 3 is 2.56 bits per heavy atom. The minimum atomic E-state index is -0.795. The topological polar surface area (TPSA) is 87.3 Å². The van der Waals surface area contributed by atoms with Crippen LogP contribution < -0.4 is 15.8 Å². The predicted octanol–water partition coefficient (Wildman–Crippen LogP) is 1.07. The fraction of sp³-hybridized carbons (Fsp3) is 0.312. The molecule has 1 aliphatic rings. The number of carbonyl (C=O) groups is 1. The fourth-order valence-corrected chi connectivity index (χ4v) is 2.52. The van der Waals surface area contributed by atoms with Crippen LogP contribution in [0.5, 0.6) is 0 Å². The van der Waals surface area contributed by atoms with E-state index < -0.39 is 17.5 Å². The van der Waals surface area contributed by atoms with Crippen LogP contribution in [-0.4, -0.2) is 42.2 Å². The van der Waals surface area contributed by atoms with E-state index in [4.69, 9.17) is 4.74 Å². The molecule has 25 heavy (non-hydrogen) atoms. The van der Waals surface area contributed by atoms with Crippen LogP contribution in [0.1, 0.15) is 5.82 Å². The van der Waals surface area contributed by atoms with Crippen LogP contribution in [0.3, 0.4) is 0 Å². The van der Waals surface area contributed by atoms with E-state index in [1.165, 1.54) is 6.07 Å². The molecular weight excluding hydrogens is 334 g/mol. The summed E-state index contributed by atoms with van der Waals surface area (Å²) in [5.41, 5.74) is -0.384. The number of hydrogen-bond donors (Lipinski definition) is 2. The molecule has 0 spiro atoms. The second kappa shape index (κ2) is 7.39. The van der Waals surface area contributed by atoms with Crippen molar-refractivity contribution in [3.8, 4) is 0 Å². The molecule has 1 aromatic carbocycles. The number of morpholine rings is 1. The predicted molar refractivity (Wildman–Crippen MR) is 86.6 cm³/mol. The van der Waals surface area contributed by atoms with Crippen LogP contribution in [0.15, 0.2) is 29.1 Å². The first-order valence-electron chi connectivity index (χ1n) is 7.68. The van der Waals surface area contributed by atoms with E-state index in [1.54, 1.807) is 0 Å². The number of nitrogens with zero attached hydrogens (tertiary/aromatic N) is 2. The minimum absolute atomic E-state index is 0.00539. The van der Waals surface area contributed by atoms with Gasteiger partial charge >= 0.3 is 0 Å². The Morgan fingerprint density at radius 1 is 1.20 bits per heavy atom. The van der Waals surface area contributed by atoms with Gasteiger partial charge in [-0.25, -0.2) is 13.8 Å². The first-order chi connectivity index (χ1) is 12.0. The van der Waals surface area contributed by atoms with Crippen molar-refractivity contribution in [1.29, 1.82) is 0 Å². The van der Waals surface area contributed by atoms with Crippen LogP contribution in [0, 0.1) is 11.6 Å². The molecule has 7 nitrogen and oxygen atoms in total. The van der Waals surface area contributed by atoms with E-state index in [9.17, 15) is 18.4 Å². The van der Waals surface area contributed by atoms with E-state index in [1.807, 2.05) is 4.90 Å². The molecule has 3 rings (SSSR count). The second-order valence-electron chi connectivity index (χ2n) is 5.53. The molecule has 2 heterocycles. The first kappa shape index (κ1) is 17.0. The number of carbonyl (C=O) groups excluding carboxylic acids is 1. The lowest BCUT2D eigenvalue weighted by Gasteiger charge is -2.27. The molecule has 0 bridgehead atoms. The van der Waals surface area contributed by atoms with Crippen molar-refractivity contribution in [2.24, 2.45) is 0 Å². The van der Waals surface area contributed by atoms with Crippen molar-refractivity contribution < 1.29 is 18.3 Å². The number of aromatic amines is 1. The highest BCUT2D eigenvalue weighted by Gasteiger charge is 2.15. The highest BCUT2D eigenvalue weighted by Crippen LogP contribution is 2.14. The first-order valence-corrected chi connectivity index (χ1v) is 7.68. The van der Waals surface area contributed by atoms with Gasteiger partial charge in [0.25, 0.3) is 5.56 Å². The number of amides is 1. The summed E-state index contributed by atoms with van der Waals surface area (Å²) in [4.78, 5) is 32.5. The van der Waals surface area contributed by atoms with E-state index in [0.717, 1.165) is 12.1 Å². The van der Waals surface area contributed by atoms with Gasteiger partial charge in [-0.05, 0) is 12.1 Å². The normalized spacial score (nSPS) is 14.4. The number of benzene rings is 1. The van der Waals surface area contributed by atoms with Crippen LogP contribution in [0.2, 0.25) is 0 Å². The highest BCUT2D eigenvalue weighted by atomic mass is 19.1. The Balaban J connectivity index is 1.72. The van der Waals surface area contributed by atoms with Crippen LogP contribution in [-0.2, 0) is 16.0 Å². The molecule has 1 saturated heterocycles. The lowest BCUT2D eigenvalue weighted by Crippen LogP contribution is -2.37. The zero-order chi connectivity index (χ0) is 17.8. The summed E-state index contributed by atoms with van der Waals surface area (Å²) in [7, 11) is 0. The van der Waals surface area contributed by atoms with Crippen molar-refractivity contribution >= 4 is 17.4 Å². The molecular formula is C16H16F2N4O3. The number of ether oxygens (including phenoxy) is 1. The summed E-state index contributed by atoms with van der Waals surface area (Å²) in [6.45, 7) is 2.28. The van der Waals surface area contributed by atoms with Gasteiger partial charge in [0.1, 0.15) is 23.3 Å². The van der Waals surface area contributed by atoms with Gasteiger partial charge in [0, 0.05) is 30.9 Å². The Morgan fingerprint density at radius 2 is 1.88 bits per heavy atom. The third kappa shape index (κ3) is 4.60. The molecule has 0 unspecified atom stereocenters. The highest BCUT2D eigenvalue weighted by molar-refractivity contribution is 5.91. The molecule has 1 aromatic heterocycles. The van der Waals surface area contributed by atoms with Gasteiger partial charge in [-0.1, -0.05) is 0 Å². The zero-order valence-electron chi connectivity index (χ0n) is 13.2. The van der Waals surface area contributed by atoms with E-state index in [2.05, 4.69) is 15.3 Å². The summed E-state index contributed by atoms with van der Waals surface area (Å²) < 4.78 is 31.6. The van der Waals surface area contributed by atoms with Gasteiger partial charge in [-0.15, -0.1) is 0 Å². The number of halogens is 2. The number of hydrogen-bond acceptors (Lipinski definition) is 5. The molecule has 1 amide bonds. The van der Waals surface area contributed by atoms with Crippen molar-refractivity contribution in [2.45, 2.75) is 6.42 Å². The molecule has 1 fully saturated rings. The minimum Gasteiger partial charge on any atom is -0.378 e. The van der Waals surface area contributed by atoms with Gasteiger partial charge < -0.3 is 19.9 Å². The average Bonchev–Trinajstić information content (AvgIpc) is 2.54. The van der Waals surface area contributed by atoms with Gasteiger partial charge in [-0.3, -0.25) is 9.59 Å². The summed E-state index contributed by atoms with van der Waals surface area (Å²) in [5, 5.41) is 2.38. The summed E-state index contributed by atoms with van der Waals surface area (Å²) in [5.74, 6) is -1.51. The maximum atomic E-state index is 13.2. The van der Waals surface area contributed by atoms with Gasteiger partial charge in [-0.2, -0.15) is 0 Å². The molecule has 2 N–H and O–H groups in total. The summed E-state index contributed by atoms with van der Waals surface area (Å²) in [6.07, 6.45) is -0.231. The molecule has 132 valence electrons. The van der Waals surface area contributed by atoms with Crippen LogP contribution in [0.4, 0.5) is 20.3 Å². The second-order valence-corrected chi connectivity index (χ2v) is 5.53. The van der Waals surface area contributed by atoms with Gasteiger partial charge in [0.2, 0.25) is 5.91 Å². The SMILES string of the molecule is O=C(Cc1nc(N2CCOCC2)cc(=O)[nH]1)Nc1cc(F)cc(F)c1. The Labute approximate surface area is 141 Å². The average molecular weight is 350 g/mol. The lowest BCUT2D eigenvalue weighted by molar-refractivity contribution is -0.115. The van der Waals surface area contributed by atoms with Crippen molar-refractivity contribution in [3.63, 3.8) is 0 Å². The maximum Gasteiger partial charge on any atom is 0.252 e. The maximum absolute atomic E-state index is 13.2. The fourth-order valence-electron chi connectivity index (χ4n) is 2.52. The standard InChI is InChI=1S/C16H16F2N4O3/c17-10-5-11(18)7-12(6-10)19-15(23)8-13-20-14(9-16(24)21-13)22-1-3-25-4-2-22/h5-7,9H,1-4,8H2,(H,19,23)(H,20,21,24). The number of nitrogens with one attached hydrogen (secondary N) is 2. The molecule has 2 aromatic rings. The quantitative estimate of drug-likeness (QED) is 0.861. The molecule has 0 aliphatic carbocycles. The molecule has 0 atom stereocenters. The van der Waals surface area contributed by atoms with Crippen molar-refractivity contribution in [1.82, 2.24) is 9.97 Å². The van der Waals surface area contributed by atoms with E-state index in [-0.39, 0.29) is 23.5 Å². The largest absolute Gasteiger partial charge is 0.378 e. The zero-order valence-corrected chi connectivity index (χ0v) is 13.2. The summed E-state index contributed by atoms with van der Waals surface area (Å²) in [6, 6.07) is 4.07. The van der Waals surface area contributed by atoms with Gasteiger partial charge in [0.15, 0.2) is 0 Å². The van der Waals surface area contributed by atoms with E-state index >= 15 is 0 Å².